The van der Waals surface area contributed by atoms with Crippen molar-refractivity contribution in [2.24, 2.45) is 0 Å². The van der Waals surface area contributed by atoms with Gasteiger partial charge in [0.1, 0.15) is 0 Å². The fourth-order valence-electron chi connectivity index (χ4n) is 2.79. The van der Waals surface area contributed by atoms with E-state index in [0.29, 0.717) is 24.8 Å². The molecule has 0 aliphatic heterocycles. The average molecular weight is 353 g/mol. The molecule has 0 aliphatic rings. The third kappa shape index (κ3) is 4.03. The van der Waals surface area contributed by atoms with E-state index in [4.69, 9.17) is 14.0 Å². The molecule has 0 N–H and O–H groups in total. The average Bonchev–Trinajstić information content (AvgIpc) is 3.10. The Balaban J connectivity index is 1.69. The van der Waals surface area contributed by atoms with Crippen LogP contribution in [0.15, 0.2) is 47.0 Å². The van der Waals surface area contributed by atoms with Crippen molar-refractivity contribution in [3.63, 3.8) is 0 Å². The predicted octanol–water partition coefficient (Wildman–Crippen LogP) is 3.69. The number of aryl methyl sites for hydroxylation is 1. The highest BCUT2D eigenvalue weighted by atomic mass is 16.5. The van der Waals surface area contributed by atoms with Gasteiger partial charge in [-0.05, 0) is 20.0 Å². The van der Waals surface area contributed by atoms with Crippen molar-refractivity contribution in [2.45, 2.75) is 20.0 Å². The summed E-state index contributed by atoms with van der Waals surface area (Å²) >= 11 is 0. The maximum atomic E-state index is 5.49. The van der Waals surface area contributed by atoms with Crippen LogP contribution in [0.1, 0.15) is 17.0 Å². The Morgan fingerprint density at radius 1 is 1.00 bits per heavy atom. The van der Waals surface area contributed by atoms with Gasteiger partial charge < -0.3 is 14.0 Å². The topological polar surface area (TPSA) is 60.6 Å². The van der Waals surface area contributed by atoms with E-state index in [1.807, 2.05) is 56.4 Å². The van der Waals surface area contributed by atoms with Gasteiger partial charge in [0.15, 0.2) is 11.5 Å². The molecule has 26 heavy (non-hydrogen) atoms. The minimum absolute atomic E-state index is 0.541. The Morgan fingerprint density at radius 3 is 2.46 bits per heavy atom. The standard InChI is InChI=1S/C20H23N3O3/c1-14-8-10-15(11-9-14)20-21-18(26-22-20)13-23(2)12-16-6-5-7-17(24-3)19(16)25-4/h5-11H,12-13H2,1-4H3. The zero-order valence-electron chi connectivity index (χ0n) is 15.5. The lowest BCUT2D eigenvalue weighted by atomic mass is 10.1. The smallest absolute Gasteiger partial charge is 0.241 e. The molecular weight excluding hydrogens is 330 g/mol. The first-order valence-electron chi connectivity index (χ1n) is 8.38. The Kier molecular flexibility index (Phi) is 5.53. The minimum atomic E-state index is 0.541. The van der Waals surface area contributed by atoms with E-state index < -0.39 is 0 Å². The van der Waals surface area contributed by atoms with E-state index in [-0.39, 0.29) is 0 Å². The molecule has 2 aromatic carbocycles. The fraction of sp³-hybridized carbons (Fsp3) is 0.300. The highest BCUT2D eigenvalue weighted by molar-refractivity contribution is 5.54. The number of nitrogens with zero attached hydrogens (tertiary/aromatic N) is 3. The van der Waals surface area contributed by atoms with Gasteiger partial charge in [-0.15, -0.1) is 0 Å². The summed E-state index contributed by atoms with van der Waals surface area (Å²) < 4.78 is 16.2. The third-order valence-corrected chi connectivity index (χ3v) is 4.11. The van der Waals surface area contributed by atoms with Crippen molar-refractivity contribution in [2.75, 3.05) is 21.3 Å². The van der Waals surface area contributed by atoms with Gasteiger partial charge in [-0.2, -0.15) is 4.98 Å². The molecule has 1 heterocycles. The molecule has 3 rings (SSSR count). The minimum Gasteiger partial charge on any atom is -0.493 e. The summed E-state index contributed by atoms with van der Waals surface area (Å²) in [5.41, 5.74) is 3.18. The Morgan fingerprint density at radius 2 is 1.77 bits per heavy atom. The van der Waals surface area contributed by atoms with Crippen molar-refractivity contribution in [3.05, 3.63) is 59.5 Å². The fourth-order valence-corrected chi connectivity index (χ4v) is 2.79. The Hall–Kier alpha value is -2.86. The van der Waals surface area contributed by atoms with E-state index in [2.05, 4.69) is 15.0 Å². The number of methoxy groups -OCH3 is 2. The van der Waals surface area contributed by atoms with Gasteiger partial charge in [0.25, 0.3) is 0 Å². The first kappa shape index (κ1) is 17.9. The molecule has 1 aromatic heterocycles. The van der Waals surface area contributed by atoms with Crippen LogP contribution in [0.5, 0.6) is 11.5 Å². The summed E-state index contributed by atoms with van der Waals surface area (Å²) in [6, 6.07) is 13.9. The summed E-state index contributed by atoms with van der Waals surface area (Å²) in [5, 5.41) is 4.08. The summed E-state index contributed by atoms with van der Waals surface area (Å²) in [5.74, 6) is 2.64. The molecule has 0 spiro atoms. The van der Waals surface area contributed by atoms with Crippen LogP contribution in [0, 0.1) is 6.92 Å². The summed E-state index contributed by atoms with van der Waals surface area (Å²) in [6.45, 7) is 3.26. The summed E-state index contributed by atoms with van der Waals surface area (Å²) in [4.78, 5) is 6.58. The van der Waals surface area contributed by atoms with Crippen LogP contribution >= 0.6 is 0 Å². The molecule has 0 unspecified atom stereocenters. The van der Waals surface area contributed by atoms with Crippen LogP contribution in [0.3, 0.4) is 0 Å². The van der Waals surface area contributed by atoms with E-state index in [1.54, 1.807) is 14.2 Å². The van der Waals surface area contributed by atoms with Crippen LogP contribution in [-0.4, -0.2) is 36.3 Å². The SMILES string of the molecule is COc1cccc(CN(C)Cc2nc(-c3ccc(C)cc3)no2)c1OC. The van der Waals surface area contributed by atoms with E-state index in [9.17, 15) is 0 Å². The van der Waals surface area contributed by atoms with E-state index >= 15 is 0 Å². The number of hydrogen-bond acceptors (Lipinski definition) is 6. The third-order valence-electron chi connectivity index (χ3n) is 4.11. The molecule has 6 heteroatoms. The van der Waals surface area contributed by atoms with Crippen molar-refractivity contribution < 1.29 is 14.0 Å². The number of aromatic nitrogens is 2. The number of rotatable bonds is 7. The predicted molar refractivity (Wildman–Crippen MR) is 99.2 cm³/mol. The monoisotopic (exact) mass is 353 g/mol. The molecule has 0 fully saturated rings. The van der Waals surface area contributed by atoms with Gasteiger partial charge in [0.05, 0.1) is 20.8 Å². The molecule has 0 saturated carbocycles. The summed E-state index contributed by atoms with van der Waals surface area (Å²) in [6.07, 6.45) is 0. The zero-order valence-corrected chi connectivity index (χ0v) is 15.5. The van der Waals surface area contributed by atoms with Gasteiger partial charge in [-0.3, -0.25) is 4.90 Å². The largest absolute Gasteiger partial charge is 0.493 e. The molecule has 136 valence electrons. The molecule has 6 nitrogen and oxygen atoms in total. The zero-order chi connectivity index (χ0) is 18.5. The molecule has 0 amide bonds. The molecule has 0 atom stereocenters. The lowest BCUT2D eigenvalue weighted by Crippen LogP contribution is -2.18. The maximum Gasteiger partial charge on any atom is 0.241 e. The number of benzene rings is 2. The Labute approximate surface area is 153 Å². The second-order valence-corrected chi connectivity index (χ2v) is 6.20. The van der Waals surface area contributed by atoms with Gasteiger partial charge in [0, 0.05) is 17.7 Å². The lowest BCUT2D eigenvalue weighted by Gasteiger charge is -2.18. The molecule has 0 bridgehead atoms. The number of para-hydroxylation sites is 1. The van der Waals surface area contributed by atoms with Gasteiger partial charge in [-0.25, -0.2) is 0 Å². The second-order valence-electron chi connectivity index (χ2n) is 6.20. The van der Waals surface area contributed by atoms with Crippen molar-refractivity contribution >= 4 is 0 Å². The van der Waals surface area contributed by atoms with Crippen molar-refractivity contribution in [1.82, 2.24) is 15.0 Å². The maximum absolute atomic E-state index is 5.49. The number of hydrogen-bond donors (Lipinski definition) is 0. The van der Waals surface area contributed by atoms with E-state index in [0.717, 1.165) is 22.6 Å². The van der Waals surface area contributed by atoms with E-state index in [1.165, 1.54) is 5.56 Å². The van der Waals surface area contributed by atoms with Gasteiger partial charge >= 0.3 is 0 Å². The lowest BCUT2D eigenvalue weighted by molar-refractivity contribution is 0.256. The molecule has 3 aromatic rings. The Bertz CT molecular complexity index is 859. The van der Waals surface area contributed by atoms with Crippen molar-refractivity contribution in [3.8, 4) is 22.9 Å². The number of ether oxygens (including phenoxy) is 2. The van der Waals surface area contributed by atoms with Crippen LogP contribution < -0.4 is 9.47 Å². The normalized spacial score (nSPS) is 11.0. The van der Waals surface area contributed by atoms with Crippen LogP contribution in [0.25, 0.3) is 11.4 Å². The van der Waals surface area contributed by atoms with Crippen molar-refractivity contribution in [1.29, 1.82) is 0 Å². The highest BCUT2D eigenvalue weighted by Gasteiger charge is 2.14. The first-order chi connectivity index (χ1) is 12.6. The molecule has 0 saturated heterocycles. The molecule has 0 radical (unpaired) electrons. The first-order valence-corrected chi connectivity index (χ1v) is 8.38. The quantitative estimate of drug-likeness (QED) is 0.645. The molecular formula is C20H23N3O3. The van der Waals surface area contributed by atoms with Gasteiger partial charge in [0.2, 0.25) is 11.7 Å². The van der Waals surface area contributed by atoms with Crippen LogP contribution in [0.2, 0.25) is 0 Å². The van der Waals surface area contributed by atoms with Crippen LogP contribution in [-0.2, 0) is 13.1 Å². The highest BCUT2D eigenvalue weighted by Crippen LogP contribution is 2.31. The molecule has 0 aliphatic carbocycles. The van der Waals surface area contributed by atoms with Crippen LogP contribution in [0.4, 0.5) is 0 Å². The second kappa shape index (κ2) is 8.01. The van der Waals surface area contributed by atoms with Gasteiger partial charge in [-0.1, -0.05) is 47.1 Å². The summed E-state index contributed by atoms with van der Waals surface area (Å²) in [7, 11) is 5.28.